The first-order chi connectivity index (χ1) is 11.6. The summed E-state index contributed by atoms with van der Waals surface area (Å²) in [5.74, 6) is 0.498. The van der Waals surface area contributed by atoms with Crippen LogP contribution in [0.1, 0.15) is 33.9 Å². The molecule has 2 aromatic heterocycles. The molecule has 1 aliphatic rings. The van der Waals surface area contributed by atoms with Crippen molar-refractivity contribution >= 4 is 17.2 Å². The van der Waals surface area contributed by atoms with E-state index in [0.29, 0.717) is 11.6 Å². The average molecular weight is 345 g/mol. The molecule has 1 fully saturated rings. The number of piperidine rings is 1. The molecule has 0 N–H and O–H groups in total. The van der Waals surface area contributed by atoms with Crippen LogP contribution in [0.4, 0.5) is 0 Å². The minimum absolute atomic E-state index is 0.0749. The largest absolute Gasteiger partial charge is 0.343 e. The van der Waals surface area contributed by atoms with Crippen molar-refractivity contribution in [1.82, 2.24) is 24.8 Å². The second kappa shape index (κ2) is 7.81. The summed E-state index contributed by atoms with van der Waals surface area (Å²) in [6.07, 6.45) is 6.77. The maximum atomic E-state index is 12.0. The van der Waals surface area contributed by atoms with Gasteiger partial charge in [-0.3, -0.25) is 14.7 Å². The highest BCUT2D eigenvalue weighted by Gasteiger charge is 2.21. The highest BCUT2D eigenvalue weighted by atomic mass is 32.1. The van der Waals surface area contributed by atoms with Crippen LogP contribution < -0.4 is 0 Å². The Morgan fingerprint density at radius 2 is 2.29 bits per heavy atom. The summed E-state index contributed by atoms with van der Waals surface area (Å²) in [5, 5.41) is 0. The molecule has 1 saturated heterocycles. The number of aromatic nitrogens is 3. The zero-order chi connectivity index (χ0) is 16.9. The van der Waals surface area contributed by atoms with Gasteiger partial charge in [0.1, 0.15) is 12.0 Å². The van der Waals surface area contributed by atoms with Crippen LogP contribution in [0.2, 0.25) is 0 Å². The number of carbonyl (C=O) groups excluding carboxylic acids is 1. The van der Waals surface area contributed by atoms with E-state index in [2.05, 4.69) is 19.9 Å². The lowest BCUT2D eigenvalue weighted by Gasteiger charge is -2.32. The molecule has 2 aromatic rings. The first-order valence-corrected chi connectivity index (χ1v) is 9.12. The Morgan fingerprint density at radius 1 is 1.42 bits per heavy atom. The maximum absolute atomic E-state index is 12.0. The summed E-state index contributed by atoms with van der Waals surface area (Å²) in [6.45, 7) is 3.19. The van der Waals surface area contributed by atoms with Crippen molar-refractivity contribution in [2.75, 3.05) is 27.2 Å². The molecule has 1 atom stereocenters. The van der Waals surface area contributed by atoms with E-state index in [-0.39, 0.29) is 5.91 Å². The third-order valence-corrected chi connectivity index (χ3v) is 5.08. The molecule has 128 valence electrons. The standard InChI is InChI=1S/C17H23N5OS/c1-21(2)17(23)16-7-14(19-11-20-16)6-13-4-3-5-22(9-13)10-15-8-18-12-24-15/h7-8,11-13H,3-6,9-10H2,1-2H3/t13-/m1/s1. The molecule has 0 unspecified atom stereocenters. The van der Waals surface area contributed by atoms with E-state index in [1.54, 1.807) is 30.3 Å². The van der Waals surface area contributed by atoms with Crippen LogP contribution in [0.5, 0.6) is 0 Å². The summed E-state index contributed by atoms with van der Waals surface area (Å²) < 4.78 is 0. The number of hydrogen-bond donors (Lipinski definition) is 0. The van der Waals surface area contributed by atoms with Gasteiger partial charge >= 0.3 is 0 Å². The number of nitrogens with zero attached hydrogens (tertiary/aromatic N) is 5. The first kappa shape index (κ1) is 17.0. The second-order valence-electron chi connectivity index (χ2n) is 6.51. The minimum Gasteiger partial charge on any atom is -0.343 e. The smallest absolute Gasteiger partial charge is 0.272 e. The van der Waals surface area contributed by atoms with Crippen LogP contribution in [-0.2, 0) is 13.0 Å². The first-order valence-electron chi connectivity index (χ1n) is 8.24. The van der Waals surface area contributed by atoms with Gasteiger partial charge < -0.3 is 4.90 Å². The number of hydrogen-bond acceptors (Lipinski definition) is 6. The Balaban J connectivity index is 1.61. The third kappa shape index (κ3) is 4.36. The van der Waals surface area contributed by atoms with Gasteiger partial charge in [-0.1, -0.05) is 0 Å². The molecule has 24 heavy (non-hydrogen) atoms. The van der Waals surface area contributed by atoms with Crippen molar-refractivity contribution in [3.8, 4) is 0 Å². The van der Waals surface area contributed by atoms with Gasteiger partial charge in [-0.25, -0.2) is 9.97 Å². The second-order valence-corrected chi connectivity index (χ2v) is 7.48. The van der Waals surface area contributed by atoms with Crippen molar-refractivity contribution in [2.24, 2.45) is 5.92 Å². The van der Waals surface area contributed by atoms with E-state index in [9.17, 15) is 4.79 Å². The van der Waals surface area contributed by atoms with Gasteiger partial charge in [0, 0.05) is 44.0 Å². The van der Waals surface area contributed by atoms with Crippen LogP contribution in [0.3, 0.4) is 0 Å². The number of likely N-dealkylation sites (tertiary alicyclic amines) is 1. The molecule has 0 aromatic carbocycles. The number of amides is 1. The predicted octanol–water partition coefficient (Wildman–Crippen LogP) is 2.09. The van der Waals surface area contributed by atoms with E-state index < -0.39 is 0 Å². The Labute approximate surface area is 146 Å². The van der Waals surface area contributed by atoms with Gasteiger partial charge in [0.2, 0.25) is 0 Å². The Hall–Kier alpha value is -1.86. The molecule has 7 heteroatoms. The SMILES string of the molecule is CN(C)C(=O)c1cc(C[C@H]2CCCN(Cc3cncs3)C2)ncn1. The van der Waals surface area contributed by atoms with E-state index in [0.717, 1.165) is 31.7 Å². The highest BCUT2D eigenvalue weighted by molar-refractivity contribution is 7.09. The quantitative estimate of drug-likeness (QED) is 0.830. The number of rotatable bonds is 5. The number of carbonyl (C=O) groups is 1. The van der Waals surface area contributed by atoms with E-state index in [1.807, 2.05) is 17.8 Å². The molecule has 3 heterocycles. The molecule has 1 amide bonds. The van der Waals surface area contributed by atoms with Gasteiger partial charge in [-0.2, -0.15) is 0 Å². The van der Waals surface area contributed by atoms with Gasteiger partial charge in [0.05, 0.1) is 5.51 Å². The fraction of sp³-hybridized carbons (Fsp3) is 0.529. The average Bonchev–Trinajstić information content (AvgIpc) is 3.07. The lowest BCUT2D eigenvalue weighted by atomic mass is 9.93. The van der Waals surface area contributed by atoms with Crippen LogP contribution in [-0.4, -0.2) is 57.8 Å². The molecule has 0 bridgehead atoms. The highest BCUT2D eigenvalue weighted by Crippen LogP contribution is 2.22. The molecule has 3 rings (SSSR count). The normalized spacial score (nSPS) is 18.5. The monoisotopic (exact) mass is 345 g/mol. The Morgan fingerprint density at radius 3 is 3.04 bits per heavy atom. The summed E-state index contributed by atoms with van der Waals surface area (Å²) in [6, 6.07) is 1.84. The van der Waals surface area contributed by atoms with Crippen molar-refractivity contribution < 1.29 is 4.79 Å². The van der Waals surface area contributed by atoms with Crippen LogP contribution in [0.15, 0.2) is 24.1 Å². The van der Waals surface area contributed by atoms with Crippen molar-refractivity contribution in [3.05, 3.63) is 40.4 Å². The third-order valence-electron chi connectivity index (χ3n) is 4.31. The van der Waals surface area contributed by atoms with Gasteiger partial charge in [0.25, 0.3) is 5.91 Å². The van der Waals surface area contributed by atoms with E-state index >= 15 is 0 Å². The van der Waals surface area contributed by atoms with Gasteiger partial charge in [0.15, 0.2) is 0 Å². The zero-order valence-corrected chi connectivity index (χ0v) is 15.0. The van der Waals surface area contributed by atoms with Crippen molar-refractivity contribution in [3.63, 3.8) is 0 Å². The molecular formula is C17H23N5OS. The van der Waals surface area contributed by atoms with Crippen LogP contribution in [0, 0.1) is 5.92 Å². The summed E-state index contributed by atoms with van der Waals surface area (Å²) in [4.78, 5) is 30.0. The minimum atomic E-state index is -0.0749. The maximum Gasteiger partial charge on any atom is 0.272 e. The summed E-state index contributed by atoms with van der Waals surface area (Å²) >= 11 is 1.71. The molecule has 0 spiro atoms. The zero-order valence-electron chi connectivity index (χ0n) is 14.2. The van der Waals surface area contributed by atoms with Crippen molar-refractivity contribution in [1.29, 1.82) is 0 Å². The van der Waals surface area contributed by atoms with E-state index in [1.165, 1.54) is 24.0 Å². The Bertz CT molecular complexity index is 673. The predicted molar refractivity (Wildman–Crippen MR) is 93.9 cm³/mol. The summed E-state index contributed by atoms with van der Waals surface area (Å²) in [7, 11) is 3.48. The fourth-order valence-corrected chi connectivity index (χ4v) is 3.79. The Kier molecular flexibility index (Phi) is 5.52. The lowest BCUT2D eigenvalue weighted by Crippen LogP contribution is -2.35. The van der Waals surface area contributed by atoms with Crippen LogP contribution >= 0.6 is 11.3 Å². The summed E-state index contributed by atoms with van der Waals surface area (Å²) in [5.41, 5.74) is 3.32. The van der Waals surface area contributed by atoms with Gasteiger partial charge in [-0.05, 0) is 37.8 Å². The molecule has 1 aliphatic heterocycles. The van der Waals surface area contributed by atoms with E-state index in [4.69, 9.17) is 0 Å². The van der Waals surface area contributed by atoms with Crippen LogP contribution in [0.25, 0.3) is 0 Å². The molecule has 0 radical (unpaired) electrons. The molecular weight excluding hydrogens is 322 g/mol. The molecule has 0 saturated carbocycles. The molecule has 6 nitrogen and oxygen atoms in total. The van der Waals surface area contributed by atoms with Crippen molar-refractivity contribution in [2.45, 2.75) is 25.8 Å². The molecule has 0 aliphatic carbocycles. The lowest BCUT2D eigenvalue weighted by molar-refractivity contribution is 0.0821. The topological polar surface area (TPSA) is 62.2 Å². The number of thiazole rings is 1. The fourth-order valence-electron chi connectivity index (χ4n) is 3.15. The van der Waals surface area contributed by atoms with Gasteiger partial charge in [-0.15, -0.1) is 11.3 Å².